The lowest BCUT2D eigenvalue weighted by atomic mass is 10.0. The normalized spacial score (nSPS) is 14.0. The van der Waals surface area contributed by atoms with E-state index in [-0.39, 0.29) is 12.5 Å². The van der Waals surface area contributed by atoms with Crippen molar-refractivity contribution in [2.45, 2.75) is 19.8 Å². The van der Waals surface area contributed by atoms with Crippen molar-refractivity contribution >= 4 is 46.0 Å². The van der Waals surface area contributed by atoms with Crippen LogP contribution in [-0.2, 0) is 16.0 Å². The number of nitrogens with one attached hydrogen (secondary N) is 1. The van der Waals surface area contributed by atoms with Gasteiger partial charge in [-0.2, -0.15) is 0 Å². The third-order valence-corrected chi connectivity index (χ3v) is 5.32. The maximum Gasteiger partial charge on any atom is 0.339 e. The molecule has 0 unspecified atom stereocenters. The largest absolute Gasteiger partial charge is 0.452 e. The van der Waals surface area contributed by atoms with Crippen LogP contribution < -0.4 is 5.32 Å². The number of allylic oxidation sites excluding steroid dienone is 1. The lowest BCUT2D eigenvalue weighted by Gasteiger charge is -2.12. The average Bonchev–Trinajstić information content (AvgIpc) is 3.14. The highest BCUT2D eigenvalue weighted by molar-refractivity contribution is 6.30. The first kappa shape index (κ1) is 20.1. The summed E-state index contributed by atoms with van der Waals surface area (Å²) in [6.07, 6.45) is 3.55. The van der Waals surface area contributed by atoms with Crippen molar-refractivity contribution in [2.75, 3.05) is 13.2 Å². The number of carbonyl (C=O) groups excluding carboxylic acids is 2. The van der Waals surface area contributed by atoms with Crippen LogP contribution in [0.2, 0.25) is 5.02 Å². The van der Waals surface area contributed by atoms with Crippen LogP contribution >= 0.6 is 11.6 Å². The third-order valence-electron chi connectivity index (χ3n) is 5.07. The smallest absolute Gasteiger partial charge is 0.339 e. The van der Waals surface area contributed by atoms with Gasteiger partial charge in [0.25, 0.3) is 5.91 Å². The second-order valence-electron chi connectivity index (χ2n) is 7.08. The molecule has 5 nitrogen and oxygen atoms in total. The minimum atomic E-state index is -0.496. The standard InChI is InChI=1S/C24H21ClN2O3/c1-2-26-21(28)14-30-24(29)22-18-5-3-4-6-20(18)27-23-16(9-12-19(22)23)13-15-7-10-17(25)11-8-15/h3-8,10-11,13H,2,9,12,14H2,1H3,(H,26,28)/b16-13-. The van der Waals surface area contributed by atoms with Gasteiger partial charge in [-0.3, -0.25) is 4.79 Å². The SMILES string of the molecule is CCNC(=O)COC(=O)c1c2c(nc3ccccc13)/C(=C\c1ccc(Cl)cc1)CC2. The maximum absolute atomic E-state index is 13.0. The predicted octanol–water partition coefficient (Wildman–Crippen LogP) is 4.67. The van der Waals surface area contributed by atoms with Gasteiger partial charge in [0, 0.05) is 17.0 Å². The van der Waals surface area contributed by atoms with Gasteiger partial charge in [-0.15, -0.1) is 0 Å². The Morgan fingerprint density at radius 2 is 1.90 bits per heavy atom. The first-order chi connectivity index (χ1) is 14.6. The minimum Gasteiger partial charge on any atom is -0.452 e. The van der Waals surface area contributed by atoms with E-state index in [2.05, 4.69) is 11.4 Å². The van der Waals surface area contributed by atoms with Crippen molar-refractivity contribution in [1.29, 1.82) is 0 Å². The molecule has 2 aromatic carbocycles. The molecule has 30 heavy (non-hydrogen) atoms. The van der Waals surface area contributed by atoms with E-state index in [0.717, 1.165) is 39.7 Å². The molecule has 152 valence electrons. The highest BCUT2D eigenvalue weighted by Crippen LogP contribution is 2.37. The number of esters is 1. The molecular weight excluding hydrogens is 400 g/mol. The van der Waals surface area contributed by atoms with E-state index in [1.165, 1.54) is 0 Å². The molecule has 1 heterocycles. The Bertz CT molecular complexity index is 1150. The molecule has 0 radical (unpaired) electrons. The number of likely N-dealkylation sites (N-methyl/N-ethyl adjacent to an activating group) is 1. The van der Waals surface area contributed by atoms with Crippen LogP contribution in [0.25, 0.3) is 22.6 Å². The summed E-state index contributed by atoms with van der Waals surface area (Å²) in [5.74, 6) is -0.812. The van der Waals surface area contributed by atoms with Crippen LogP contribution in [0.3, 0.4) is 0 Å². The number of benzene rings is 2. The molecule has 1 aliphatic carbocycles. The molecule has 3 aromatic rings. The molecule has 1 N–H and O–H groups in total. The van der Waals surface area contributed by atoms with Crippen LogP contribution in [0, 0.1) is 0 Å². The van der Waals surface area contributed by atoms with Gasteiger partial charge in [0.2, 0.25) is 0 Å². The molecule has 0 fully saturated rings. The number of fused-ring (bicyclic) bond motifs is 2. The molecule has 0 saturated heterocycles. The number of hydrogen-bond donors (Lipinski definition) is 1. The Morgan fingerprint density at radius 3 is 2.67 bits per heavy atom. The molecule has 1 aliphatic rings. The number of nitrogens with zero attached hydrogens (tertiary/aromatic N) is 1. The van der Waals surface area contributed by atoms with Crippen LogP contribution in [0.15, 0.2) is 48.5 Å². The van der Waals surface area contributed by atoms with E-state index in [0.29, 0.717) is 23.6 Å². The van der Waals surface area contributed by atoms with Gasteiger partial charge < -0.3 is 10.1 Å². The molecule has 1 aromatic heterocycles. The number of halogens is 1. The van der Waals surface area contributed by atoms with Gasteiger partial charge in [-0.1, -0.05) is 41.9 Å². The highest BCUT2D eigenvalue weighted by atomic mass is 35.5. The number of para-hydroxylation sites is 1. The average molecular weight is 421 g/mol. The second-order valence-corrected chi connectivity index (χ2v) is 7.52. The first-order valence-corrected chi connectivity index (χ1v) is 10.3. The molecule has 6 heteroatoms. The van der Waals surface area contributed by atoms with Crippen LogP contribution in [0.5, 0.6) is 0 Å². The highest BCUT2D eigenvalue weighted by Gasteiger charge is 2.27. The van der Waals surface area contributed by atoms with Crippen LogP contribution in [0.4, 0.5) is 0 Å². The molecular formula is C24H21ClN2O3. The quantitative estimate of drug-likeness (QED) is 0.609. The van der Waals surface area contributed by atoms with Crippen molar-refractivity contribution in [3.63, 3.8) is 0 Å². The Morgan fingerprint density at radius 1 is 1.13 bits per heavy atom. The monoisotopic (exact) mass is 420 g/mol. The minimum absolute atomic E-state index is 0.300. The van der Waals surface area contributed by atoms with Gasteiger partial charge in [0.15, 0.2) is 6.61 Å². The predicted molar refractivity (Wildman–Crippen MR) is 118 cm³/mol. The third kappa shape index (κ3) is 4.07. The summed E-state index contributed by atoms with van der Waals surface area (Å²) in [4.78, 5) is 29.5. The summed E-state index contributed by atoms with van der Waals surface area (Å²) in [5.41, 5.74) is 5.00. The number of amides is 1. The lowest BCUT2D eigenvalue weighted by molar-refractivity contribution is -0.124. The van der Waals surface area contributed by atoms with Crippen molar-refractivity contribution in [3.8, 4) is 0 Å². The van der Waals surface area contributed by atoms with Gasteiger partial charge in [-0.25, -0.2) is 9.78 Å². The van der Waals surface area contributed by atoms with Crippen LogP contribution in [0.1, 0.15) is 40.5 Å². The van der Waals surface area contributed by atoms with Crippen molar-refractivity contribution in [1.82, 2.24) is 10.3 Å². The topological polar surface area (TPSA) is 68.3 Å². The zero-order valence-corrected chi connectivity index (χ0v) is 17.3. The second kappa shape index (κ2) is 8.67. The summed E-state index contributed by atoms with van der Waals surface area (Å²) in [6, 6.07) is 15.1. The van der Waals surface area contributed by atoms with Crippen molar-refractivity contribution in [2.24, 2.45) is 0 Å². The summed E-state index contributed by atoms with van der Waals surface area (Å²) < 4.78 is 5.33. The van der Waals surface area contributed by atoms with Crippen molar-refractivity contribution in [3.05, 3.63) is 75.9 Å². The van der Waals surface area contributed by atoms with Gasteiger partial charge in [-0.05, 0) is 60.7 Å². The molecule has 4 rings (SSSR count). The number of aromatic nitrogens is 1. The van der Waals surface area contributed by atoms with E-state index in [1.807, 2.05) is 55.5 Å². The van der Waals surface area contributed by atoms with Crippen molar-refractivity contribution < 1.29 is 14.3 Å². The first-order valence-electron chi connectivity index (χ1n) is 9.88. The van der Waals surface area contributed by atoms with Gasteiger partial charge in [0.05, 0.1) is 16.8 Å². The van der Waals surface area contributed by atoms with E-state index >= 15 is 0 Å². The molecule has 0 aliphatic heterocycles. The number of hydrogen-bond acceptors (Lipinski definition) is 4. The zero-order valence-electron chi connectivity index (χ0n) is 16.6. The number of ether oxygens (including phenoxy) is 1. The molecule has 0 saturated carbocycles. The molecule has 1 amide bonds. The fourth-order valence-corrected chi connectivity index (χ4v) is 3.85. The van der Waals surface area contributed by atoms with Crippen LogP contribution in [-0.4, -0.2) is 30.0 Å². The van der Waals surface area contributed by atoms with Gasteiger partial charge in [0.1, 0.15) is 0 Å². The fraction of sp³-hybridized carbons (Fsp3) is 0.208. The van der Waals surface area contributed by atoms with E-state index < -0.39 is 5.97 Å². The summed E-state index contributed by atoms with van der Waals surface area (Å²) >= 11 is 5.99. The number of rotatable bonds is 5. The van der Waals surface area contributed by atoms with E-state index in [9.17, 15) is 9.59 Å². The molecule has 0 atom stereocenters. The Labute approximate surface area is 179 Å². The number of carbonyl (C=O) groups is 2. The molecule has 0 bridgehead atoms. The lowest BCUT2D eigenvalue weighted by Crippen LogP contribution is -2.28. The van der Waals surface area contributed by atoms with E-state index in [1.54, 1.807) is 0 Å². The van der Waals surface area contributed by atoms with Gasteiger partial charge >= 0.3 is 5.97 Å². The summed E-state index contributed by atoms with van der Waals surface area (Å²) in [6.45, 7) is 2.01. The molecule has 0 spiro atoms. The maximum atomic E-state index is 13.0. The fourth-order valence-electron chi connectivity index (χ4n) is 3.72. The Balaban J connectivity index is 1.75. The zero-order chi connectivity index (χ0) is 21.1. The van der Waals surface area contributed by atoms with E-state index in [4.69, 9.17) is 21.3 Å². The number of pyridine rings is 1. The summed E-state index contributed by atoms with van der Waals surface area (Å²) in [5, 5.41) is 4.06. The summed E-state index contributed by atoms with van der Waals surface area (Å²) in [7, 11) is 0. The Hall–Kier alpha value is -3.18. The Kier molecular flexibility index (Phi) is 5.81.